The molecule has 0 aliphatic heterocycles. The van der Waals surface area contributed by atoms with Crippen molar-refractivity contribution in [3.63, 3.8) is 0 Å². The number of benzene rings is 2. The lowest BCUT2D eigenvalue weighted by Gasteiger charge is -1.82. The van der Waals surface area contributed by atoms with Crippen molar-refractivity contribution >= 4 is 22.6 Å². The van der Waals surface area contributed by atoms with E-state index in [4.69, 9.17) is 5.11 Å². The highest BCUT2D eigenvalue weighted by Gasteiger charge is 1.75. The van der Waals surface area contributed by atoms with Crippen molar-refractivity contribution in [2.75, 3.05) is 0 Å². The minimum Gasteiger partial charge on any atom is -0.508 e. The first-order valence-electron chi connectivity index (χ1n) is 5.65. The molecule has 0 radical (unpaired) electrons. The van der Waals surface area contributed by atoms with Crippen LogP contribution in [-0.2, 0) is 0 Å². The zero-order chi connectivity index (χ0) is 12.9. The largest absolute Gasteiger partial charge is 0.508 e. The number of hydrogen-bond donors (Lipinski definition) is 1. The van der Waals surface area contributed by atoms with Gasteiger partial charge in [0.25, 0.3) is 0 Å². The molecule has 0 unspecified atom stereocenters. The van der Waals surface area contributed by atoms with Crippen molar-refractivity contribution < 1.29 is 5.11 Å². The standard InChI is InChI=1S/C6H5I.C6H6O.C3H8/c2*7-6-4-2-1-3-5-6;1-3-2/h1-5H;1-5,7H;3H2,1-2H3. The molecule has 2 rings (SSSR count). The van der Waals surface area contributed by atoms with Gasteiger partial charge >= 0.3 is 0 Å². The SMILES string of the molecule is CCC.Ic1ccccc1.Oc1ccccc1. The number of halogens is 1. The predicted molar refractivity (Wildman–Crippen MR) is 83.2 cm³/mol. The summed E-state index contributed by atoms with van der Waals surface area (Å²) in [6.45, 7) is 4.25. The van der Waals surface area contributed by atoms with E-state index in [1.165, 1.54) is 9.99 Å². The van der Waals surface area contributed by atoms with Gasteiger partial charge in [-0.05, 0) is 46.9 Å². The molecule has 0 spiro atoms. The molecule has 0 fully saturated rings. The number of aromatic hydroxyl groups is 1. The molecule has 1 N–H and O–H groups in total. The highest BCUT2D eigenvalue weighted by Crippen LogP contribution is 2.02. The van der Waals surface area contributed by atoms with Gasteiger partial charge in [-0.15, -0.1) is 0 Å². The fourth-order valence-corrected chi connectivity index (χ4v) is 1.26. The van der Waals surface area contributed by atoms with Gasteiger partial charge in [0.15, 0.2) is 0 Å². The molecule has 0 heterocycles. The molecule has 0 amide bonds. The van der Waals surface area contributed by atoms with Crippen molar-refractivity contribution in [1.82, 2.24) is 0 Å². The smallest absolute Gasteiger partial charge is 0.115 e. The third kappa shape index (κ3) is 11.2. The Balaban J connectivity index is 0.000000247. The van der Waals surface area contributed by atoms with Crippen LogP contribution < -0.4 is 0 Å². The van der Waals surface area contributed by atoms with Crippen LogP contribution in [0.3, 0.4) is 0 Å². The van der Waals surface area contributed by atoms with Crippen LogP contribution in [0.4, 0.5) is 0 Å². The number of hydrogen-bond acceptors (Lipinski definition) is 1. The van der Waals surface area contributed by atoms with Crippen LogP contribution in [0.2, 0.25) is 0 Å². The Bertz CT molecular complexity index is 322. The van der Waals surface area contributed by atoms with Crippen LogP contribution in [0.1, 0.15) is 20.3 Å². The van der Waals surface area contributed by atoms with Gasteiger partial charge in [0.05, 0.1) is 0 Å². The zero-order valence-electron chi connectivity index (χ0n) is 10.3. The summed E-state index contributed by atoms with van der Waals surface area (Å²) in [4.78, 5) is 0. The van der Waals surface area contributed by atoms with E-state index in [0.29, 0.717) is 5.75 Å². The third-order valence-corrected chi connectivity index (χ3v) is 2.21. The molecular weight excluding hydrogens is 323 g/mol. The van der Waals surface area contributed by atoms with Crippen LogP contribution >= 0.6 is 22.6 Å². The van der Waals surface area contributed by atoms with Gasteiger partial charge in [0.2, 0.25) is 0 Å². The van der Waals surface area contributed by atoms with Crippen LogP contribution in [0.5, 0.6) is 5.75 Å². The summed E-state index contributed by atoms with van der Waals surface area (Å²) in [6, 6.07) is 18.9. The van der Waals surface area contributed by atoms with E-state index in [9.17, 15) is 0 Å². The fraction of sp³-hybridized carbons (Fsp3) is 0.200. The van der Waals surface area contributed by atoms with Crippen LogP contribution in [0, 0.1) is 3.57 Å². The lowest BCUT2D eigenvalue weighted by molar-refractivity contribution is 0.475. The van der Waals surface area contributed by atoms with Crippen molar-refractivity contribution in [1.29, 1.82) is 0 Å². The Hall–Kier alpha value is -1.03. The van der Waals surface area contributed by atoms with E-state index in [0.717, 1.165) is 0 Å². The third-order valence-electron chi connectivity index (χ3n) is 1.49. The normalized spacial score (nSPS) is 8.18. The quantitative estimate of drug-likeness (QED) is 0.661. The summed E-state index contributed by atoms with van der Waals surface area (Å²) < 4.78 is 1.29. The maximum Gasteiger partial charge on any atom is 0.115 e. The van der Waals surface area contributed by atoms with Gasteiger partial charge < -0.3 is 5.11 Å². The first kappa shape index (κ1) is 16.0. The molecule has 0 atom stereocenters. The average molecular weight is 342 g/mol. The van der Waals surface area contributed by atoms with Gasteiger partial charge in [-0.3, -0.25) is 0 Å². The predicted octanol–water partition coefficient (Wildman–Crippen LogP) is 5.10. The van der Waals surface area contributed by atoms with Gasteiger partial charge in [0.1, 0.15) is 5.75 Å². The lowest BCUT2D eigenvalue weighted by Crippen LogP contribution is -1.61. The van der Waals surface area contributed by atoms with Crippen LogP contribution in [-0.4, -0.2) is 5.11 Å². The zero-order valence-corrected chi connectivity index (χ0v) is 12.5. The van der Waals surface area contributed by atoms with E-state index in [-0.39, 0.29) is 0 Å². The molecule has 2 aromatic rings. The second-order valence-electron chi connectivity index (χ2n) is 3.34. The maximum absolute atomic E-state index is 8.63. The molecule has 0 aliphatic carbocycles. The minimum atomic E-state index is 0.322. The topological polar surface area (TPSA) is 20.2 Å². The Kier molecular flexibility index (Phi) is 10.8. The number of phenolic OH excluding ortho intramolecular Hbond substituents is 1. The van der Waals surface area contributed by atoms with E-state index >= 15 is 0 Å². The molecule has 0 saturated heterocycles. The Labute approximate surface area is 118 Å². The Morgan fingerprint density at radius 1 is 0.824 bits per heavy atom. The summed E-state index contributed by atoms with van der Waals surface area (Å²) in [7, 11) is 0. The molecule has 2 heteroatoms. The van der Waals surface area contributed by atoms with Crippen LogP contribution in [0.15, 0.2) is 60.7 Å². The van der Waals surface area contributed by atoms with Gasteiger partial charge in [-0.2, -0.15) is 0 Å². The second kappa shape index (κ2) is 11.5. The highest BCUT2D eigenvalue weighted by atomic mass is 127. The molecule has 1 nitrogen and oxygen atoms in total. The average Bonchev–Trinajstić information content (AvgIpc) is 2.33. The molecule has 0 bridgehead atoms. The minimum absolute atomic E-state index is 0.322. The van der Waals surface area contributed by atoms with Gasteiger partial charge in [0, 0.05) is 3.57 Å². The second-order valence-corrected chi connectivity index (χ2v) is 4.58. The van der Waals surface area contributed by atoms with Crippen molar-refractivity contribution in [2.24, 2.45) is 0 Å². The van der Waals surface area contributed by atoms with Crippen molar-refractivity contribution in [3.05, 3.63) is 64.2 Å². The molecule has 92 valence electrons. The van der Waals surface area contributed by atoms with Gasteiger partial charge in [-0.25, -0.2) is 0 Å². The van der Waals surface area contributed by atoms with E-state index < -0.39 is 0 Å². The summed E-state index contributed by atoms with van der Waals surface area (Å²) in [6.07, 6.45) is 1.25. The molecule has 0 aliphatic rings. The van der Waals surface area contributed by atoms with Gasteiger partial charge in [-0.1, -0.05) is 56.7 Å². The summed E-state index contributed by atoms with van der Waals surface area (Å²) in [5.74, 6) is 0.322. The number of phenols is 1. The van der Waals surface area contributed by atoms with E-state index in [2.05, 4.69) is 48.6 Å². The molecular formula is C15H19IO. The summed E-state index contributed by atoms with van der Waals surface area (Å²) in [5.41, 5.74) is 0. The van der Waals surface area contributed by atoms with Crippen molar-refractivity contribution in [2.45, 2.75) is 20.3 Å². The van der Waals surface area contributed by atoms with E-state index in [1.54, 1.807) is 24.3 Å². The lowest BCUT2D eigenvalue weighted by atomic mass is 10.3. The molecule has 17 heavy (non-hydrogen) atoms. The summed E-state index contributed by atoms with van der Waals surface area (Å²) in [5, 5.41) is 8.63. The fourth-order valence-electron chi connectivity index (χ4n) is 0.843. The maximum atomic E-state index is 8.63. The van der Waals surface area contributed by atoms with Crippen LogP contribution in [0.25, 0.3) is 0 Å². The Morgan fingerprint density at radius 2 is 1.18 bits per heavy atom. The molecule has 0 saturated carbocycles. The number of rotatable bonds is 0. The molecule has 0 aromatic heterocycles. The first-order valence-corrected chi connectivity index (χ1v) is 6.73. The Morgan fingerprint density at radius 3 is 1.35 bits per heavy atom. The number of para-hydroxylation sites is 1. The highest BCUT2D eigenvalue weighted by molar-refractivity contribution is 14.1. The molecule has 2 aromatic carbocycles. The van der Waals surface area contributed by atoms with Crippen molar-refractivity contribution in [3.8, 4) is 5.75 Å². The summed E-state index contributed by atoms with van der Waals surface area (Å²) >= 11 is 2.28. The monoisotopic (exact) mass is 342 g/mol. The van der Waals surface area contributed by atoms with E-state index in [1.807, 2.05) is 24.3 Å². The first-order chi connectivity index (χ1) is 8.20.